The van der Waals surface area contributed by atoms with Gasteiger partial charge in [0, 0.05) is 30.4 Å². The molecule has 2 N–H and O–H groups in total. The van der Waals surface area contributed by atoms with E-state index in [-0.39, 0.29) is 6.10 Å². The number of hydrogen-bond acceptors (Lipinski definition) is 5. The Bertz CT molecular complexity index is 459. The van der Waals surface area contributed by atoms with Gasteiger partial charge in [0.25, 0.3) is 0 Å². The van der Waals surface area contributed by atoms with Crippen LogP contribution in [0.3, 0.4) is 0 Å². The lowest BCUT2D eigenvalue weighted by atomic mass is 9.83. The first-order valence-corrected chi connectivity index (χ1v) is 7.68. The molecule has 0 spiro atoms. The van der Waals surface area contributed by atoms with E-state index in [1.807, 2.05) is 0 Å². The van der Waals surface area contributed by atoms with Gasteiger partial charge in [-0.05, 0) is 38.8 Å². The van der Waals surface area contributed by atoms with E-state index < -0.39 is 0 Å². The summed E-state index contributed by atoms with van der Waals surface area (Å²) in [5.74, 6) is 1.52. The van der Waals surface area contributed by atoms with Crippen molar-refractivity contribution < 1.29 is 4.74 Å². The molecular formula is C15H24N4O. The number of aryl methyl sites for hydroxylation is 1. The number of hydrogen-bond donors (Lipinski definition) is 1. The number of nitrogens with two attached hydrogens (primary N) is 1. The highest BCUT2D eigenvalue weighted by molar-refractivity contribution is 5.34. The lowest BCUT2D eigenvalue weighted by Crippen LogP contribution is -2.44. The monoisotopic (exact) mass is 276 g/mol. The van der Waals surface area contributed by atoms with Gasteiger partial charge in [-0.2, -0.15) is 0 Å². The smallest absolute Gasteiger partial charge is 0.225 e. The lowest BCUT2D eigenvalue weighted by molar-refractivity contribution is 0.0363. The van der Waals surface area contributed by atoms with Crippen molar-refractivity contribution in [1.29, 1.82) is 0 Å². The molecule has 0 unspecified atom stereocenters. The molecule has 0 amide bonds. The molecule has 1 aromatic rings. The van der Waals surface area contributed by atoms with Crippen LogP contribution in [0.25, 0.3) is 0 Å². The van der Waals surface area contributed by atoms with Crippen LogP contribution >= 0.6 is 0 Å². The molecule has 2 heterocycles. The number of nitrogens with zero attached hydrogens (tertiary/aromatic N) is 3. The quantitative estimate of drug-likeness (QED) is 0.905. The van der Waals surface area contributed by atoms with Crippen LogP contribution in [0.1, 0.15) is 43.0 Å². The predicted molar refractivity (Wildman–Crippen MR) is 79.0 cm³/mol. The Balaban J connectivity index is 1.76. The van der Waals surface area contributed by atoms with Gasteiger partial charge in [0.1, 0.15) is 0 Å². The van der Waals surface area contributed by atoms with Crippen LogP contribution in [0.2, 0.25) is 0 Å². The minimum Gasteiger partial charge on any atom is -0.374 e. The van der Waals surface area contributed by atoms with Crippen molar-refractivity contribution in [3.63, 3.8) is 0 Å². The van der Waals surface area contributed by atoms with Gasteiger partial charge in [-0.3, -0.25) is 0 Å². The first-order chi connectivity index (χ1) is 9.76. The van der Waals surface area contributed by atoms with Crippen molar-refractivity contribution in [1.82, 2.24) is 9.97 Å². The molecule has 1 saturated heterocycles. The fourth-order valence-electron chi connectivity index (χ4n) is 2.89. The maximum atomic E-state index is 5.73. The Morgan fingerprint density at radius 3 is 2.95 bits per heavy atom. The Hall–Kier alpha value is -1.20. The standard InChI is InChI=1S/C15H24N4O/c1-11-9-14(12-3-2-4-12)18-15(17-11)19-7-8-20-13(10-19)5-6-16/h9,12-13H,2-8,10,16H2,1H3/t13-/m0/s1. The summed E-state index contributed by atoms with van der Waals surface area (Å²) in [4.78, 5) is 11.7. The van der Waals surface area contributed by atoms with Crippen molar-refractivity contribution >= 4 is 5.95 Å². The van der Waals surface area contributed by atoms with Gasteiger partial charge >= 0.3 is 0 Å². The fraction of sp³-hybridized carbons (Fsp3) is 0.733. The Morgan fingerprint density at radius 2 is 2.25 bits per heavy atom. The molecule has 2 aliphatic rings. The van der Waals surface area contributed by atoms with E-state index in [1.54, 1.807) is 0 Å². The first kappa shape index (κ1) is 13.8. The van der Waals surface area contributed by atoms with Crippen molar-refractivity contribution in [3.8, 4) is 0 Å². The summed E-state index contributed by atoms with van der Waals surface area (Å²) in [6.07, 6.45) is 4.99. The minimum absolute atomic E-state index is 0.213. The van der Waals surface area contributed by atoms with E-state index in [2.05, 4.69) is 22.9 Å². The topological polar surface area (TPSA) is 64.3 Å². The molecule has 1 aliphatic carbocycles. The van der Waals surface area contributed by atoms with Crippen LogP contribution in [0.4, 0.5) is 5.95 Å². The highest BCUT2D eigenvalue weighted by atomic mass is 16.5. The number of rotatable bonds is 4. The Morgan fingerprint density at radius 1 is 1.40 bits per heavy atom. The maximum Gasteiger partial charge on any atom is 0.225 e. The molecule has 1 aliphatic heterocycles. The van der Waals surface area contributed by atoms with E-state index in [4.69, 9.17) is 15.5 Å². The van der Waals surface area contributed by atoms with Crippen LogP contribution in [-0.2, 0) is 4.74 Å². The molecule has 1 aromatic heterocycles. The average Bonchev–Trinajstić information content (AvgIpc) is 2.37. The second-order valence-electron chi connectivity index (χ2n) is 5.88. The van der Waals surface area contributed by atoms with Gasteiger partial charge in [0.15, 0.2) is 0 Å². The fourth-order valence-corrected chi connectivity index (χ4v) is 2.89. The van der Waals surface area contributed by atoms with Crippen LogP contribution in [0.5, 0.6) is 0 Å². The minimum atomic E-state index is 0.213. The summed E-state index contributed by atoms with van der Waals surface area (Å²) in [5, 5.41) is 0. The molecule has 0 aromatic carbocycles. The molecule has 0 radical (unpaired) electrons. The van der Waals surface area contributed by atoms with Crippen molar-refractivity contribution in [2.24, 2.45) is 5.73 Å². The van der Waals surface area contributed by atoms with Crippen molar-refractivity contribution in [2.75, 3.05) is 31.1 Å². The summed E-state index contributed by atoms with van der Waals surface area (Å²) in [5.41, 5.74) is 7.92. The first-order valence-electron chi connectivity index (χ1n) is 7.68. The second kappa shape index (κ2) is 6.06. The summed E-state index contributed by atoms with van der Waals surface area (Å²) < 4.78 is 5.73. The summed E-state index contributed by atoms with van der Waals surface area (Å²) in [6.45, 7) is 5.19. The van der Waals surface area contributed by atoms with Gasteiger partial charge in [-0.15, -0.1) is 0 Å². The Labute approximate surface area is 120 Å². The van der Waals surface area contributed by atoms with Gasteiger partial charge < -0.3 is 15.4 Å². The molecule has 5 heteroatoms. The number of aromatic nitrogens is 2. The molecule has 110 valence electrons. The third-order valence-corrected chi connectivity index (χ3v) is 4.30. The van der Waals surface area contributed by atoms with Crippen molar-refractivity contribution in [2.45, 2.75) is 44.6 Å². The van der Waals surface area contributed by atoms with E-state index in [0.29, 0.717) is 12.5 Å². The number of ether oxygens (including phenoxy) is 1. The van der Waals surface area contributed by atoms with Gasteiger partial charge in [0.2, 0.25) is 5.95 Å². The second-order valence-corrected chi connectivity index (χ2v) is 5.88. The zero-order valence-electron chi connectivity index (χ0n) is 12.2. The van der Waals surface area contributed by atoms with Gasteiger partial charge in [-0.25, -0.2) is 9.97 Å². The molecular weight excluding hydrogens is 252 g/mol. The molecule has 0 bridgehead atoms. The van der Waals surface area contributed by atoms with Gasteiger partial charge in [0.05, 0.1) is 12.7 Å². The predicted octanol–water partition coefficient (Wildman–Crippen LogP) is 1.61. The van der Waals surface area contributed by atoms with Crippen LogP contribution < -0.4 is 10.6 Å². The Kier molecular flexibility index (Phi) is 4.17. The molecule has 1 saturated carbocycles. The highest BCUT2D eigenvalue weighted by Crippen LogP contribution is 2.36. The highest BCUT2D eigenvalue weighted by Gasteiger charge is 2.25. The lowest BCUT2D eigenvalue weighted by Gasteiger charge is -2.34. The summed E-state index contributed by atoms with van der Waals surface area (Å²) >= 11 is 0. The maximum absolute atomic E-state index is 5.73. The summed E-state index contributed by atoms with van der Waals surface area (Å²) in [7, 11) is 0. The number of morpholine rings is 1. The normalized spacial score (nSPS) is 23.7. The zero-order valence-corrected chi connectivity index (χ0v) is 12.2. The van der Waals surface area contributed by atoms with Crippen LogP contribution in [-0.4, -0.2) is 42.3 Å². The summed E-state index contributed by atoms with van der Waals surface area (Å²) in [6, 6.07) is 2.14. The largest absolute Gasteiger partial charge is 0.374 e. The van der Waals surface area contributed by atoms with E-state index >= 15 is 0 Å². The molecule has 20 heavy (non-hydrogen) atoms. The SMILES string of the molecule is Cc1cc(C2CCC2)nc(N2CCO[C@@H](CCN)C2)n1. The molecule has 2 fully saturated rings. The zero-order chi connectivity index (χ0) is 13.9. The molecule has 5 nitrogen and oxygen atoms in total. The third-order valence-electron chi connectivity index (χ3n) is 4.30. The van der Waals surface area contributed by atoms with Crippen LogP contribution in [0, 0.1) is 6.92 Å². The van der Waals surface area contributed by atoms with Crippen LogP contribution in [0.15, 0.2) is 6.07 Å². The van der Waals surface area contributed by atoms with Gasteiger partial charge in [-0.1, -0.05) is 6.42 Å². The number of anilines is 1. The molecule has 1 atom stereocenters. The van der Waals surface area contributed by atoms with E-state index in [0.717, 1.165) is 37.8 Å². The van der Waals surface area contributed by atoms with E-state index in [1.165, 1.54) is 25.0 Å². The average molecular weight is 276 g/mol. The third kappa shape index (κ3) is 2.94. The molecule has 3 rings (SSSR count). The van der Waals surface area contributed by atoms with Crippen molar-refractivity contribution in [3.05, 3.63) is 17.5 Å². The van der Waals surface area contributed by atoms with E-state index in [9.17, 15) is 0 Å².